The molecule has 256 valence electrons. The van der Waals surface area contributed by atoms with E-state index in [1.807, 2.05) is 27.7 Å². The predicted molar refractivity (Wildman–Crippen MR) is 157 cm³/mol. The van der Waals surface area contributed by atoms with Gasteiger partial charge in [0, 0.05) is 24.7 Å². The number of carboxylic acids is 6. The Morgan fingerprint density at radius 2 is 1.23 bits per heavy atom. The summed E-state index contributed by atoms with van der Waals surface area (Å²) in [6, 6.07) is -3.30. The standard InChI is InChI=1S/C6H9N3O2.2C6H13NO2.C5H9NO4.C2H5NO2/c7-5(6(10)11)1-4-2-8-3-9-4;1-4(2)3-5(7)6(8)9;1-3-4(2)5(7)6(8)9;6-3(5(9)10)1-2-4(7)8;3-1-2(4)5/h2-3,5H,1,7H2,(H,8,9)(H,10,11);2*4-5H,3,7H2,1-2H3,(H,8,9);3H,1-2,6H2,(H,7,8)(H,9,10);1,3H2,(H,4,5)/t2*5-;4-,5-;3-;/m0000./s1. The van der Waals surface area contributed by atoms with Crippen molar-refractivity contribution in [1.29, 1.82) is 0 Å². The van der Waals surface area contributed by atoms with Gasteiger partial charge in [0.05, 0.1) is 12.9 Å². The highest BCUT2D eigenvalue weighted by molar-refractivity contribution is 5.75. The van der Waals surface area contributed by atoms with Crippen molar-refractivity contribution in [3.8, 4) is 0 Å². The first kappa shape index (κ1) is 46.8. The lowest BCUT2D eigenvalue weighted by atomic mass is 10.0. The maximum atomic E-state index is 10.3. The molecule has 0 bridgehead atoms. The van der Waals surface area contributed by atoms with Crippen molar-refractivity contribution in [2.45, 2.75) is 84.0 Å². The van der Waals surface area contributed by atoms with Crippen LogP contribution in [0.2, 0.25) is 0 Å². The molecule has 0 saturated heterocycles. The molecule has 0 spiro atoms. The lowest BCUT2D eigenvalue weighted by Gasteiger charge is -2.11. The van der Waals surface area contributed by atoms with Crippen LogP contribution in [0.1, 0.15) is 59.1 Å². The average Bonchev–Trinajstić information content (AvgIpc) is 3.44. The third-order valence-electron chi connectivity index (χ3n) is 5.06. The van der Waals surface area contributed by atoms with E-state index in [4.69, 9.17) is 53.6 Å². The van der Waals surface area contributed by atoms with Crippen LogP contribution in [0.4, 0.5) is 0 Å². The van der Waals surface area contributed by atoms with Gasteiger partial charge in [-0.05, 0) is 24.7 Å². The highest BCUT2D eigenvalue weighted by Gasteiger charge is 2.17. The SMILES string of the molecule is CC(C)C[C@H](N)C(=O)O.CC[C@H](C)[C@H](N)C(=O)O.NCC(=O)O.N[C@@H](CCC(=O)O)C(=O)O.N[C@@H](Cc1cnc[nH]1)C(=O)O. The van der Waals surface area contributed by atoms with Gasteiger partial charge in [0.1, 0.15) is 24.2 Å². The number of aliphatic carboxylic acids is 6. The number of carboxylic acid groups (broad SMARTS) is 6. The van der Waals surface area contributed by atoms with Gasteiger partial charge in [-0.1, -0.05) is 34.1 Å². The van der Waals surface area contributed by atoms with Gasteiger partial charge in [0.15, 0.2) is 0 Å². The van der Waals surface area contributed by atoms with Crippen LogP contribution in [-0.2, 0) is 35.2 Å². The number of hydrogen-bond acceptors (Lipinski definition) is 12. The Labute approximate surface area is 254 Å². The van der Waals surface area contributed by atoms with Crippen LogP contribution < -0.4 is 28.7 Å². The first-order valence-corrected chi connectivity index (χ1v) is 13.2. The number of hydrogen-bond donors (Lipinski definition) is 12. The number of nitrogens with one attached hydrogen (secondary N) is 1. The van der Waals surface area contributed by atoms with Gasteiger partial charge in [-0.3, -0.25) is 28.8 Å². The molecule has 19 nitrogen and oxygen atoms in total. The molecule has 5 atom stereocenters. The molecule has 44 heavy (non-hydrogen) atoms. The van der Waals surface area contributed by atoms with E-state index in [1.165, 1.54) is 6.33 Å². The monoisotopic (exact) mass is 639 g/mol. The van der Waals surface area contributed by atoms with Crippen molar-refractivity contribution < 1.29 is 59.4 Å². The highest BCUT2D eigenvalue weighted by atomic mass is 16.4. The van der Waals surface area contributed by atoms with Gasteiger partial charge in [-0.25, -0.2) is 4.98 Å². The highest BCUT2D eigenvalue weighted by Crippen LogP contribution is 2.04. The maximum Gasteiger partial charge on any atom is 0.320 e. The van der Waals surface area contributed by atoms with Crippen molar-refractivity contribution in [3.63, 3.8) is 0 Å². The summed E-state index contributed by atoms with van der Waals surface area (Å²) in [4.78, 5) is 66.2. The predicted octanol–water partition coefficient (Wildman–Crippen LogP) is -1.45. The van der Waals surface area contributed by atoms with E-state index in [9.17, 15) is 28.8 Å². The summed E-state index contributed by atoms with van der Waals surface area (Å²) in [5, 5.41) is 49.0. The Balaban J connectivity index is -0.000000232. The number of carbonyl (C=O) groups is 6. The first-order chi connectivity index (χ1) is 20.1. The summed E-state index contributed by atoms with van der Waals surface area (Å²) in [5.41, 5.74) is 26.1. The summed E-state index contributed by atoms with van der Waals surface area (Å²) in [5.74, 6) is -5.56. The Hall–Kier alpha value is -4.17. The summed E-state index contributed by atoms with van der Waals surface area (Å²) >= 11 is 0. The molecule has 0 aliphatic rings. The van der Waals surface area contributed by atoms with Crippen LogP contribution in [0.3, 0.4) is 0 Å². The number of nitrogens with two attached hydrogens (primary N) is 5. The quantitative estimate of drug-likeness (QED) is 0.111. The van der Waals surface area contributed by atoms with Gasteiger partial charge < -0.3 is 64.3 Å². The third-order valence-corrected chi connectivity index (χ3v) is 5.06. The first-order valence-electron chi connectivity index (χ1n) is 13.2. The molecule has 1 aromatic heterocycles. The van der Waals surface area contributed by atoms with Gasteiger partial charge in [-0.15, -0.1) is 0 Å². The fourth-order valence-electron chi connectivity index (χ4n) is 2.23. The van der Waals surface area contributed by atoms with Crippen molar-refractivity contribution in [2.24, 2.45) is 40.5 Å². The van der Waals surface area contributed by atoms with Crippen molar-refractivity contribution >= 4 is 35.8 Å². The number of aromatic amines is 1. The van der Waals surface area contributed by atoms with Gasteiger partial charge in [0.2, 0.25) is 0 Å². The van der Waals surface area contributed by atoms with Crippen LogP contribution in [0, 0.1) is 11.8 Å². The van der Waals surface area contributed by atoms with Crippen LogP contribution in [0.5, 0.6) is 0 Å². The molecule has 0 saturated carbocycles. The van der Waals surface area contributed by atoms with E-state index in [0.29, 0.717) is 12.3 Å². The molecule has 1 rings (SSSR count). The summed E-state index contributed by atoms with van der Waals surface area (Å²) < 4.78 is 0. The number of rotatable bonds is 14. The lowest BCUT2D eigenvalue weighted by Crippen LogP contribution is -2.36. The lowest BCUT2D eigenvalue weighted by molar-refractivity contribution is -0.141. The second kappa shape index (κ2) is 27.7. The van der Waals surface area contributed by atoms with Crippen LogP contribution in [0.25, 0.3) is 0 Å². The summed E-state index contributed by atoms with van der Waals surface area (Å²) in [7, 11) is 0. The Morgan fingerprint density at radius 1 is 0.773 bits per heavy atom. The van der Waals surface area contributed by atoms with Gasteiger partial charge in [0.25, 0.3) is 0 Å². The van der Waals surface area contributed by atoms with E-state index in [0.717, 1.165) is 12.1 Å². The number of nitrogens with zero attached hydrogens (tertiary/aromatic N) is 1. The molecule has 0 radical (unpaired) electrons. The molecule has 1 aromatic rings. The maximum absolute atomic E-state index is 10.3. The minimum absolute atomic E-state index is 0.0231. The fraction of sp³-hybridized carbons (Fsp3) is 0.640. The Kier molecular flexibility index (Phi) is 29.4. The smallest absolute Gasteiger partial charge is 0.320 e. The minimum atomic E-state index is -1.17. The number of aromatic nitrogens is 2. The van der Waals surface area contributed by atoms with Crippen LogP contribution >= 0.6 is 0 Å². The number of imidazole rings is 1. The molecule has 0 aliphatic heterocycles. The molecular formula is C25H49N7O12. The summed E-state index contributed by atoms with van der Waals surface area (Å²) in [6.45, 7) is 7.37. The fourth-order valence-corrected chi connectivity index (χ4v) is 2.23. The van der Waals surface area contributed by atoms with Gasteiger partial charge in [-0.2, -0.15) is 0 Å². The average molecular weight is 640 g/mol. The summed E-state index contributed by atoms with van der Waals surface area (Å²) in [6.07, 6.45) is 4.48. The van der Waals surface area contributed by atoms with E-state index >= 15 is 0 Å². The van der Waals surface area contributed by atoms with E-state index in [-0.39, 0.29) is 31.7 Å². The zero-order chi connectivity index (χ0) is 35.6. The van der Waals surface area contributed by atoms with Crippen molar-refractivity contribution in [3.05, 3.63) is 18.2 Å². The second-order valence-electron chi connectivity index (χ2n) is 9.52. The van der Waals surface area contributed by atoms with Crippen molar-refractivity contribution in [1.82, 2.24) is 9.97 Å². The molecule has 1 heterocycles. The Morgan fingerprint density at radius 3 is 1.45 bits per heavy atom. The van der Waals surface area contributed by atoms with Crippen LogP contribution in [0.15, 0.2) is 12.5 Å². The largest absolute Gasteiger partial charge is 0.481 e. The van der Waals surface area contributed by atoms with Gasteiger partial charge >= 0.3 is 35.8 Å². The molecule has 0 aromatic carbocycles. The molecule has 19 heteroatoms. The molecular weight excluding hydrogens is 590 g/mol. The van der Waals surface area contributed by atoms with E-state index < -0.39 is 60.0 Å². The zero-order valence-corrected chi connectivity index (χ0v) is 25.3. The second-order valence-corrected chi connectivity index (χ2v) is 9.52. The molecule has 0 unspecified atom stereocenters. The van der Waals surface area contributed by atoms with Crippen LogP contribution in [-0.4, -0.2) is 107 Å². The molecule has 0 amide bonds. The normalized spacial score (nSPS) is 13.1. The molecule has 0 fully saturated rings. The topological polar surface area (TPSA) is 383 Å². The molecule has 17 N–H and O–H groups in total. The zero-order valence-electron chi connectivity index (χ0n) is 25.3. The van der Waals surface area contributed by atoms with Crippen molar-refractivity contribution in [2.75, 3.05) is 6.54 Å². The number of H-pyrrole nitrogens is 1. The molecule has 0 aliphatic carbocycles. The minimum Gasteiger partial charge on any atom is -0.481 e. The third kappa shape index (κ3) is 32.3. The Bertz CT molecular complexity index is 961. The van der Waals surface area contributed by atoms with E-state index in [1.54, 1.807) is 6.20 Å². The van der Waals surface area contributed by atoms with E-state index in [2.05, 4.69) is 15.7 Å².